The van der Waals surface area contributed by atoms with Gasteiger partial charge in [0.25, 0.3) is 0 Å². The molecule has 2 rings (SSSR count). The Morgan fingerprint density at radius 2 is 1.29 bits per heavy atom. The van der Waals surface area contributed by atoms with Crippen LogP contribution in [-0.4, -0.2) is 54.8 Å². The van der Waals surface area contributed by atoms with Gasteiger partial charge in [0.15, 0.2) is 5.78 Å². The molecule has 31 heavy (non-hydrogen) atoms. The molecule has 0 aliphatic heterocycles. The number of carbonyl (C=O) groups excluding carboxylic acids is 2. The molecule has 0 aliphatic rings. The number of hydrogen-bond donors (Lipinski definition) is 0. The number of hydrogen-bond acceptors (Lipinski definition) is 8. The molecule has 0 bridgehead atoms. The average molecular weight is 435 g/mol. The quantitative estimate of drug-likeness (QED) is 0.467. The van der Waals surface area contributed by atoms with E-state index in [4.69, 9.17) is 9.47 Å². The number of aryl methyl sites for hydroxylation is 1. The van der Waals surface area contributed by atoms with Crippen molar-refractivity contribution in [2.24, 2.45) is 10.8 Å². The van der Waals surface area contributed by atoms with Crippen molar-refractivity contribution < 1.29 is 19.1 Å². The molecule has 0 aliphatic carbocycles. The molecule has 0 saturated heterocycles. The summed E-state index contributed by atoms with van der Waals surface area (Å²) >= 11 is 0. The fraction of sp³-hybridized carbons (Fsp3) is 0.714. The molecule has 0 amide bonds. The average Bonchev–Trinajstić information content (AvgIpc) is 3.30. The third-order valence-electron chi connectivity index (χ3n) is 4.59. The highest BCUT2D eigenvalue weighted by atomic mass is 16.5. The first-order valence-electron chi connectivity index (χ1n) is 10.5. The summed E-state index contributed by atoms with van der Waals surface area (Å²) in [6, 6.07) is 0. The van der Waals surface area contributed by atoms with Crippen LogP contribution in [0.15, 0.2) is 12.4 Å². The van der Waals surface area contributed by atoms with Crippen LogP contribution >= 0.6 is 0 Å². The van der Waals surface area contributed by atoms with Gasteiger partial charge < -0.3 is 9.47 Å². The molecule has 0 spiro atoms. The maximum absolute atomic E-state index is 12.0. The van der Waals surface area contributed by atoms with Gasteiger partial charge in [-0.1, -0.05) is 52.0 Å². The van der Waals surface area contributed by atoms with Crippen molar-refractivity contribution in [2.75, 3.05) is 13.2 Å². The van der Waals surface area contributed by atoms with Gasteiger partial charge in [0.1, 0.15) is 23.7 Å². The molecule has 0 N–H and O–H groups in total. The third-order valence-corrected chi connectivity index (χ3v) is 4.59. The Bertz CT molecular complexity index is 860. The fourth-order valence-electron chi connectivity index (χ4n) is 2.44. The van der Waals surface area contributed by atoms with Crippen LogP contribution in [0.1, 0.15) is 59.4 Å². The second-order valence-electron chi connectivity index (χ2n) is 9.58. The number of carbonyl (C=O) groups is 2. The van der Waals surface area contributed by atoms with Gasteiger partial charge in [-0.25, -0.2) is 4.68 Å². The third kappa shape index (κ3) is 8.66. The van der Waals surface area contributed by atoms with E-state index in [1.165, 1.54) is 4.68 Å². The van der Waals surface area contributed by atoms with Crippen LogP contribution in [0.4, 0.5) is 0 Å². The number of rotatable bonds is 12. The monoisotopic (exact) mass is 434 g/mol. The van der Waals surface area contributed by atoms with Crippen LogP contribution in [-0.2, 0) is 45.4 Å². The van der Waals surface area contributed by atoms with Crippen LogP contribution in [0.5, 0.6) is 0 Å². The number of nitrogens with zero attached hydrogens (tertiary/aromatic N) is 6. The van der Waals surface area contributed by atoms with Gasteiger partial charge >= 0.3 is 0 Å². The van der Waals surface area contributed by atoms with E-state index in [0.29, 0.717) is 50.8 Å². The molecule has 2 aromatic rings. The van der Waals surface area contributed by atoms with Crippen molar-refractivity contribution in [3.05, 3.63) is 23.8 Å². The van der Waals surface area contributed by atoms with Gasteiger partial charge in [0.2, 0.25) is 0 Å². The first kappa shape index (κ1) is 24.8. The van der Waals surface area contributed by atoms with Gasteiger partial charge in [0, 0.05) is 23.8 Å². The maximum Gasteiger partial charge on any atom is 0.159 e. The summed E-state index contributed by atoms with van der Waals surface area (Å²) in [6.45, 7) is 13.5. The Morgan fingerprint density at radius 3 is 1.81 bits per heavy atom. The molecule has 0 fully saturated rings. The standard InChI is InChI=1S/C21H34N6O4/c1-20(2,3)18(28)7-8-26-11-16(22-24-26)14-30-9-10-31-15-17-12-27(25-23-17)13-19(29)21(4,5)6/h11-12H,7-10,13-15H2,1-6H3. The van der Waals surface area contributed by atoms with Crippen molar-refractivity contribution in [3.63, 3.8) is 0 Å². The van der Waals surface area contributed by atoms with Gasteiger partial charge in [-0.15, -0.1) is 10.2 Å². The van der Waals surface area contributed by atoms with E-state index in [1.54, 1.807) is 17.1 Å². The van der Waals surface area contributed by atoms with E-state index in [9.17, 15) is 9.59 Å². The summed E-state index contributed by atoms with van der Waals surface area (Å²) in [4.78, 5) is 24.0. The van der Waals surface area contributed by atoms with Crippen molar-refractivity contribution in [3.8, 4) is 0 Å². The fourth-order valence-corrected chi connectivity index (χ4v) is 2.44. The zero-order valence-corrected chi connectivity index (χ0v) is 19.4. The SMILES string of the molecule is CC(C)(C)C(=O)CCn1cc(COCCOCc2cn(CC(=O)C(C)(C)C)nn2)nn1. The molecule has 2 heterocycles. The van der Waals surface area contributed by atoms with Gasteiger partial charge in [-0.3, -0.25) is 14.3 Å². The smallest absolute Gasteiger partial charge is 0.159 e. The highest BCUT2D eigenvalue weighted by Gasteiger charge is 2.22. The van der Waals surface area contributed by atoms with E-state index >= 15 is 0 Å². The van der Waals surface area contributed by atoms with Crippen LogP contribution in [0, 0.1) is 10.8 Å². The van der Waals surface area contributed by atoms with Crippen LogP contribution in [0.2, 0.25) is 0 Å². The van der Waals surface area contributed by atoms with Crippen molar-refractivity contribution >= 4 is 11.6 Å². The minimum Gasteiger partial charge on any atom is -0.373 e. The molecule has 0 radical (unpaired) electrons. The molecule has 10 nitrogen and oxygen atoms in total. The summed E-state index contributed by atoms with van der Waals surface area (Å²) in [5.41, 5.74) is 0.615. The minimum absolute atomic E-state index is 0.0935. The lowest BCUT2D eigenvalue weighted by Crippen LogP contribution is -2.25. The molecule has 172 valence electrons. The molecular formula is C21H34N6O4. The van der Waals surface area contributed by atoms with Crippen LogP contribution < -0.4 is 0 Å². The summed E-state index contributed by atoms with van der Waals surface area (Å²) < 4.78 is 14.3. The second-order valence-corrected chi connectivity index (χ2v) is 9.58. The molecule has 0 unspecified atom stereocenters. The normalized spacial score (nSPS) is 12.3. The van der Waals surface area contributed by atoms with Crippen molar-refractivity contribution in [2.45, 2.75) is 74.3 Å². The highest BCUT2D eigenvalue weighted by Crippen LogP contribution is 2.17. The van der Waals surface area contributed by atoms with Crippen LogP contribution in [0.25, 0.3) is 0 Å². The number of ether oxygens (including phenoxy) is 2. The Hall–Kier alpha value is -2.46. The van der Waals surface area contributed by atoms with E-state index in [0.717, 1.165) is 0 Å². The molecule has 2 aromatic heterocycles. The first-order valence-corrected chi connectivity index (χ1v) is 10.5. The van der Waals surface area contributed by atoms with Crippen molar-refractivity contribution in [1.82, 2.24) is 30.0 Å². The predicted molar refractivity (Wildman–Crippen MR) is 113 cm³/mol. The Kier molecular flexibility index (Phi) is 8.58. The highest BCUT2D eigenvalue weighted by molar-refractivity contribution is 5.83. The second kappa shape index (κ2) is 10.7. The largest absolute Gasteiger partial charge is 0.373 e. The lowest BCUT2D eigenvalue weighted by Gasteiger charge is -2.15. The van der Waals surface area contributed by atoms with Crippen molar-refractivity contribution in [1.29, 1.82) is 0 Å². The first-order chi connectivity index (χ1) is 14.4. The molecule has 10 heteroatoms. The molecular weight excluding hydrogens is 400 g/mol. The van der Waals surface area contributed by atoms with E-state index in [2.05, 4.69) is 20.6 Å². The predicted octanol–water partition coefficient (Wildman–Crippen LogP) is 2.22. The number of Topliss-reactive ketones (excluding diaryl/α,β-unsaturated/α-hetero) is 2. The lowest BCUT2D eigenvalue weighted by atomic mass is 9.89. The van der Waals surface area contributed by atoms with Gasteiger partial charge in [-0.05, 0) is 0 Å². The number of aromatic nitrogens is 6. The Morgan fingerprint density at radius 1 is 0.806 bits per heavy atom. The zero-order valence-electron chi connectivity index (χ0n) is 19.4. The summed E-state index contributed by atoms with van der Waals surface area (Å²) in [7, 11) is 0. The lowest BCUT2D eigenvalue weighted by molar-refractivity contribution is -0.127. The van der Waals surface area contributed by atoms with Crippen LogP contribution in [0.3, 0.4) is 0 Å². The van der Waals surface area contributed by atoms with Gasteiger partial charge in [-0.2, -0.15) is 0 Å². The minimum atomic E-state index is -0.408. The molecule has 0 aromatic carbocycles. The Labute approximate surface area is 183 Å². The summed E-state index contributed by atoms with van der Waals surface area (Å²) in [5, 5.41) is 16.1. The summed E-state index contributed by atoms with van der Waals surface area (Å²) in [6.07, 6.45) is 3.93. The maximum atomic E-state index is 12.0. The Balaban J connectivity index is 1.60. The van der Waals surface area contributed by atoms with E-state index in [1.807, 2.05) is 41.5 Å². The van der Waals surface area contributed by atoms with E-state index < -0.39 is 5.41 Å². The zero-order chi connectivity index (χ0) is 23.1. The summed E-state index contributed by atoms with van der Waals surface area (Å²) in [5.74, 6) is 0.287. The van der Waals surface area contributed by atoms with Gasteiger partial charge in [0.05, 0.1) is 38.8 Å². The topological polar surface area (TPSA) is 114 Å². The molecule has 0 saturated carbocycles. The number of ketones is 2. The molecule has 0 atom stereocenters. The van der Waals surface area contributed by atoms with E-state index in [-0.39, 0.29) is 23.5 Å².